The smallest absolute Gasteiger partial charge is 0.277 e. The Morgan fingerprint density at radius 3 is 2.21 bits per heavy atom. The molecule has 1 heterocycles. The van der Waals surface area contributed by atoms with E-state index in [2.05, 4.69) is 20.0 Å². The molecule has 1 aliphatic heterocycles. The van der Waals surface area contributed by atoms with Crippen molar-refractivity contribution < 1.29 is 58.5 Å². The standard InChI is InChI=1S/C11H19N4O3.Ac/c1-8(13-17-2)10(14-18-3)11(16)15-6-4-9(12)5-7-15;/h9,12H,4-7H2,1-3H3;/q-1;/b13-8+,14-10+;. The normalized spacial score (nSPS) is 17.8. The van der Waals surface area contributed by atoms with E-state index >= 15 is 0 Å². The molecule has 105 valence electrons. The first-order chi connectivity index (χ1) is 8.60. The van der Waals surface area contributed by atoms with Crippen molar-refractivity contribution in [3.05, 3.63) is 5.73 Å². The van der Waals surface area contributed by atoms with Crippen LogP contribution in [-0.4, -0.2) is 55.6 Å². The van der Waals surface area contributed by atoms with E-state index in [0.717, 1.165) is 0 Å². The Bertz CT molecular complexity index is 352. The van der Waals surface area contributed by atoms with Crippen molar-refractivity contribution >= 4 is 17.3 Å². The third-order valence-electron chi connectivity index (χ3n) is 2.74. The van der Waals surface area contributed by atoms with Crippen molar-refractivity contribution in [1.82, 2.24) is 4.90 Å². The Labute approximate surface area is 149 Å². The molecule has 1 rings (SSSR count). The van der Waals surface area contributed by atoms with Crippen LogP contribution in [0.4, 0.5) is 0 Å². The molecule has 0 unspecified atom stereocenters. The van der Waals surface area contributed by atoms with E-state index in [-0.39, 0.29) is 61.7 Å². The van der Waals surface area contributed by atoms with Gasteiger partial charge in [-0.15, -0.1) is 6.04 Å². The van der Waals surface area contributed by atoms with Crippen LogP contribution in [0.3, 0.4) is 0 Å². The predicted octanol–water partition coefficient (Wildman–Crippen LogP) is 1.05. The number of nitrogens with zero attached hydrogens (tertiary/aromatic N) is 3. The number of oxime groups is 2. The van der Waals surface area contributed by atoms with Gasteiger partial charge in [0.1, 0.15) is 19.9 Å². The summed E-state index contributed by atoms with van der Waals surface area (Å²) in [6.45, 7) is 2.77. The van der Waals surface area contributed by atoms with E-state index in [9.17, 15) is 4.79 Å². The number of carbonyl (C=O) groups excluding carboxylic acids is 1. The first-order valence-corrected chi connectivity index (χ1v) is 5.79. The Morgan fingerprint density at radius 2 is 1.74 bits per heavy atom. The van der Waals surface area contributed by atoms with Crippen LogP contribution in [0, 0.1) is 44.1 Å². The maximum Gasteiger partial charge on any atom is 0.277 e. The van der Waals surface area contributed by atoms with Crippen LogP contribution in [0.2, 0.25) is 0 Å². The molecule has 1 saturated heterocycles. The average molecular weight is 482 g/mol. The van der Waals surface area contributed by atoms with Crippen molar-refractivity contribution in [2.24, 2.45) is 10.3 Å². The largest absolute Gasteiger partial charge is 0.675 e. The summed E-state index contributed by atoms with van der Waals surface area (Å²) < 4.78 is 0. The molecule has 0 spiro atoms. The van der Waals surface area contributed by atoms with Gasteiger partial charge in [0.25, 0.3) is 5.91 Å². The van der Waals surface area contributed by atoms with Crippen molar-refractivity contribution in [3.8, 4) is 0 Å². The van der Waals surface area contributed by atoms with Gasteiger partial charge in [-0.05, 0) is 6.92 Å². The molecule has 19 heavy (non-hydrogen) atoms. The van der Waals surface area contributed by atoms with Crippen molar-refractivity contribution in [2.75, 3.05) is 27.3 Å². The molecule has 0 aliphatic carbocycles. The molecule has 0 saturated carbocycles. The summed E-state index contributed by atoms with van der Waals surface area (Å²) in [5, 5.41) is 7.40. The zero-order valence-electron chi connectivity index (χ0n) is 11.5. The fourth-order valence-corrected chi connectivity index (χ4v) is 1.76. The quantitative estimate of drug-likeness (QED) is 0.444. The number of hydrogen-bond donors (Lipinski definition) is 0. The summed E-state index contributed by atoms with van der Waals surface area (Å²) in [6.07, 6.45) is 1.37. The first-order valence-electron chi connectivity index (χ1n) is 5.79. The van der Waals surface area contributed by atoms with E-state index in [1.165, 1.54) is 14.2 Å². The van der Waals surface area contributed by atoms with Gasteiger partial charge in [0.05, 0.1) is 0 Å². The molecular weight excluding hydrogens is 463 g/mol. The molecule has 0 aromatic carbocycles. The van der Waals surface area contributed by atoms with E-state index < -0.39 is 0 Å². The second-order valence-corrected chi connectivity index (χ2v) is 4.05. The minimum absolute atomic E-state index is 0. The molecular formula is C11H19AcN4O3-. The summed E-state index contributed by atoms with van der Waals surface area (Å²) >= 11 is 0. The predicted molar refractivity (Wildman–Crippen MR) is 68.5 cm³/mol. The summed E-state index contributed by atoms with van der Waals surface area (Å²) in [6, 6.07) is -0.0781. The number of rotatable bonds is 4. The Balaban J connectivity index is 0.00000324. The maximum absolute atomic E-state index is 12.2. The fraction of sp³-hybridized carbons (Fsp3) is 0.727. The van der Waals surface area contributed by atoms with E-state index in [0.29, 0.717) is 31.6 Å². The molecule has 7 nitrogen and oxygen atoms in total. The number of nitrogens with one attached hydrogen (secondary N) is 1. The Hall–Kier alpha value is -0.188. The van der Waals surface area contributed by atoms with E-state index in [4.69, 9.17) is 5.73 Å². The van der Waals surface area contributed by atoms with Gasteiger partial charge in [-0.25, -0.2) is 0 Å². The molecule has 0 bridgehead atoms. The first kappa shape index (κ1) is 18.8. The Kier molecular flexibility index (Phi) is 9.58. The Morgan fingerprint density at radius 1 is 1.21 bits per heavy atom. The number of amides is 1. The summed E-state index contributed by atoms with van der Waals surface area (Å²) in [5.41, 5.74) is 8.12. The van der Waals surface area contributed by atoms with Crippen LogP contribution in [-0.2, 0) is 14.5 Å². The maximum atomic E-state index is 12.2. The zero-order valence-corrected chi connectivity index (χ0v) is 16.3. The number of carbonyl (C=O) groups is 1. The van der Waals surface area contributed by atoms with Gasteiger partial charge in [0.15, 0.2) is 5.71 Å². The number of piperidine rings is 1. The third-order valence-corrected chi connectivity index (χ3v) is 2.74. The van der Waals surface area contributed by atoms with Gasteiger partial charge in [-0.2, -0.15) is 0 Å². The number of likely N-dealkylation sites (tertiary alicyclic amines) is 1. The van der Waals surface area contributed by atoms with Gasteiger partial charge in [0.2, 0.25) is 0 Å². The van der Waals surface area contributed by atoms with E-state index in [1.54, 1.807) is 11.8 Å². The zero-order chi connectivity index (χ0) is 13.5. The van der Waals surface area contributed by atoms with Gasteiger partial charge in [0, 0.05) is 57.2 Å². The molecule has 0 aromatic rings. The van der Waals surface area contributed by atoms with Gasteiger partial charge < -0.3 is 20.3 Å². The van der Waals surface area contributed by atoms with Crippen LogP contribution in [0.15, 0.2) is 10.3 Å². The SMILES string of the molecule is CO/N=C(C)/C(=N\OC)C(=O)N1CCC([NH-])CC1.[Ac]. The van der Waals surface area contributed by atoms with E-state index in [1.807, 2.05) is 0 Å². The fourth-order valence-electron chi connectivity index (χ4n) is 1.76. The van der Waals surface area contributed by atoms with Crippen LogP contribution in [0.1, 0.15) is 19.8 Å². The molecule has 1 aliphatic rings. The number of hydrogen-bond acceptors (Lipinski definition) is 5. The average Bonchev–Trinajstić information content (AvgIpc) is 2.36. The second kappa shape index (κ2) is 9.67. The van der Waals surface area contributed by atoms with Gasteiger partial charge >= 0.3 is 0 Å². The molecule has 0 aromatic heterocycles. The van der Waals surface area contributed by atoms with Crippen LogP contribution in [0.25, 0.3) is 5.73 Å². The molecule has 1 fully saturated rings. The molecule has 1 radical (unpaired) electrons. The molecule has 0 atom stereocenters. The van der Waals surface area contributed by atoms with Crippen molar-refractivity contribution in [3.63, 3.8) is 0 Å². The second-order valence-electron chi connectivity index (χ2n) is 4.05. The summed E-state index contributed by atoms with van der Waals surface area (Å²) in [4.78, 5) is 23.2. The third kappa shape index (κ3) is 5.76. The van der Waals surface area contributed by atoms with Crippen LogP contribution < -0.4 is 0 Å². The van der Waals surface area contributed by atoms with Crippen molar-refractivity contribution in [2.45, 2.75) is 25.8 Å². The van der Waals surface area contributed by atoms with Crippen molar-refractivity contribution in [1.29, 1.82) is 0 Å². The van der Waals surface area contributed by atoms with Gasteiger partial charge in [-0.3, -0.25) is 4.79 Å². The topological polar surface area (TPSA) is 87.3 Å². The van der Waals surface area contributed by atoms with Crippen LogP contribution >= 0.6 is 0 Å². The minimum atomic E-state index is -0.234. The molecule has 8 heteroatoms. The summed E-state index contributed by atoms with van der Waals surface area (Å²) in [7, 11) is 2.79. The molecule has 1 amide bonds. The minimum Gasteiger partial charge on any atom is -0.675 e. The van der Waals surface area contributed by atoms with Crippen LogP contribution in [0.5, 0.6) is 0 Å². The van der Waals surface area contributed by atoms with Gasteiger partial charge in [-0.1, -0.05) is 23.2 Å². The molecule has 1 N–H and O–H groups in total. The monoisotopic (exact) mass is 482 g/mol. The summed E-state index contributed by atoms with van der Waals surface area (Å²) in [5.74, 6) is -0.234.